The van der Waals surface area contributed by atoms with Crippen molar-refractivity contribution < 1.29 is 13.5 Å². The highest BCUT2D eigenvalue weighted by atomic mass is 32.2. The number of sulfone groups is 1. The van der Waals surface area contributed by atoms with Crippen molar-refractivity contribution in [3.05, 3.63) is 53.5 Å². The van der Waals surface area contributed by atoms with Gasteiger partial charge in [-0.3, -0.25) is 28.3 Å². The molecular weight excluding hydrogens is 340 g/mol. The van der Waals surface area contributed by atoms with Crippen LogP contribution in [-0.2, 0) is 23.1 Å². The molecule has 126 valence electrons. The summed E-state index contributed by atoms with van der Waals surface area (Å²) in [6, 6.07) is 2.28. The minimum Gasteiger partial charge on any atom is -0.376 e. The largest absolute Gasteiger partial charge is 0.376 e. The minimum absolute atomic E-state index is 0.0619. The van der Waals surface area contributed by atoms with Gasteiger partial charge < -0.3 is 5.11 Å². The predicted molar refractivity (Wildman–Crippen MR) is 86.8 cm³/mol. The van der Waals surface area contributed by atoms with Crippen molar-refractivity contribution in [2.24, 2.45) is 0 Å². The minimum atomic E-state index is -3.37. The van der Waals surface area contributed by atoms with E-state index in [0.717, 1.165) is 23.0 Å². The fraction of sp³-hybridized carbons (Fsp3) is 0.286. The maximum absolute atomic E-state index is 12.3. The lowest BCUT2D eigenvalue weighted by molar-refractivity contribution is 0.204. The van der Waals surface area contributed by atoms with Crippen LogP contribution in [0, 0.1) is 0 Å². The first kappa shape index (κ1) is 16.3. The van der Waals surface area contributed by atoms with E-state index in [1.165, 1.54) is 0 Å². The summed E-state index contributed by atoms with van der Waals surface area (Å²) in [6.45, 7) is -1.11. The van der Waals surface area contributed by atoms with Crippen molar-refractivity contribution in [1.82, 2.24) is 9.13 Å². The van der Waals surface area contributed by atoms with Crippen LogP contribution in [0.15, 0.2) is 31.3 Å². The molecule has 0 bridgehead atoms. The molecule has 0 aliphatic heterocycles. The highest BCUT2D eigenvalue weighted by Gasteiger charge is 2.19. The summed E-state index contributed by atoms with van der Waals surface area (Å²) in [5.74, 6) is -0.381. The molecule has 3 rings (SSSR count). The third-order valence-electron chi connectivity index (χ3n) is 3.89. The Bertz CT molecular complexity index is 1210. The van der Waals surface area contributed by atoms with E-state index in [1.807, 2.05) is 0 Å². The summed E-state index contributed by atoms with van der Waals surface area (Å²) in [7, 11) is -3.37. The van der Waals surface area contributed by atoms with Crippen molar-refractivity contribution in [2.75, 3.05) is 12.0 Å². The normalized spacial score (nSPS) is 12.4. The van der Waals surface area contributed by atoms with Crippen LogP contribution in [-0.4, -0.2) is 34.7 Å². The molecule has 0 fully saturated rings. The van der Waals surface area contributed by atoms with Gasteiger partial charge >= 0.3 is 0 Å². The fourth-order valence-corrected chi connectivity index (χ4v) is 3.18. The number of benzene rings is 1. The molecule has 0 saturated heterocycles. The molecule has 1 aromatic carbocycles. The van der Waals surface area contributed by atoms with Crippen LogP contribution in [0.1, 0.15) is 0 Å². The Morgan fingerprint density at radius 1 is 0.833 bits per heavy atom. The Balaban J connectivity index is 2.35. The standard InChI is InChI=1S/C14H12N2O7S/c1-24(22,23)3-2-15-11(18)7-4-9-10(5-8(7)12(15)19)14(21)16(6-17)13(9)20/h4-5,17H,2-3,6H2,1H3. The van der Waals surface area contributed by atoms with Gasteiger partial charge in [-0.25, -0.2) is 8.42 Å². The Kier molecular flexibility index (Phi) is 3.53. The first-order valence-corrected chi connectivity index (χ1v) is 8.91. The third kappa shape index (κ3) is 2.31. The lowest BCUT2D eigenvalue weighted by Gasteiger charge is -1.97. The Morgan fingerprint density at radius 2 is 1.21 bits per heavy atom. The van der Waals surface area contributed by atoms with Gasteiger partial charge in [-0.2, -0.15) is 0 Å². The van der Waals surface area contributed by atoms with Crippen LogP contribution in [0.3, 0.4) is 0 Å². The molecule has 0 unspecified atom stereocenters. The summed E-state index contributed by atoms with van der Waals surface area (Å²) >= 11 is 0. The third-order valence-corrected chi connectivity index (χ3v) is 4.81. The monoisotopic (exact) mass is 352 g/mol. The predicted octanol–water partition coefficient (Wildman–Crippen LogP) is -2.09. The van der Waals surface area contributed by atoms with Crippen LogP contribution < -0.4 is 22.2 Å². The molecule has 2 aromatic heterocycles. The smallest absolute Gasteiger partial charge is 0.263 e. The number of aliphatic hydroxyl groups excluding tert-OH is 1. The summed E-state index contributed by atoms with van der Waals surface area (Å²) in [5, 5.41) is 8.80. The van der Waals surface area contributed by atoms with Crippen molar-refractivity contribution in [3.63, 3.8) is 0 Å². The van der Waals surface area contributed by atoms with Crippen LogP contribution in [0.5, 0.6) is 0 Å². The van der Waals surface area contributed by atoms with E-state index in [9.17, 15) is 27.6 Å². The molecule has 2 heterocycles. The zero-order valence-corrected chi connectivity index (χ0v) is 13.3. The van der Waals surface area contributed by atoms with Gasteiger partial charge in [0, 0.05) is 12.8 Å². The summed E-state index contributed by atoms with van der Waals surface area (Å²) in [5.41, 5.74) is -2.95. The van der Waals surface area contributed by atoms with Gasteiger partial charge in [0.05, 0.1) is 27.3 Å². The number of nitrogens with zero attached hydrogens (tertiary/aromatic N) is 2. The van der Waals surface area contributed by atoms with Crippen molar-refractivity contribution >= 4 is 31.4 Å². The first-order chi connectivity index (χ1) is 11.2. The quantitative estimate of drug-likeness (QED) is 0.569. The molecule has 1 N–H and O–H groups in total. The average Bonchev–Trinajstić information content (AvgIpc) is 2.88. The Hall–Kier alpha value is -2.59. The second-order valence-electron chi connectivity index (χ2n) is 5.51. The van der Waals surface area contributed by atoms with E-state index in [4.69, 9.17) is 5.11 Å². The molecule has 3 aromatic rings. The number of aliphatic hydroxyl groups is 1. The van der Waals surface area contributed by atoms with Crippen LogP contribution in [0.4, 0.5) is 0 Å². The van der Waals surface area contributed by atoms with E-state index >= 15 is 0 Å². The van der Waals surface area contributed by atoms with E-state index in [1.54, 1.807) is 0 Å². The van der Waals surface area contributed by atoms with Gasteiger partial charge in [0.2, 0.25) is 0 Å². The van der Waals surface area contributed by atoms with Gasteiger partial charge in [0.25, 0.3) is 22.2 Å². The lowest BCUT2D eigenvalue weighted by atomic mass is 10.1. The highest BCUT2D eigenvalue weighted by Crippen LogP contribution is 2.14. The molecule has 0 spiro atoms. The maximum atomic E-state index is 12.3. The summed E-state index contributed by atoms with van der Waals surface area (Å²) in [4.78, 5) is 48.7. The lowest BCUT2D eigenvalue weighted by Crippen LogP contribution is -2.28. The van der Waals surface area contributed by atoms with Crippen LogP contribution >= 0.6 is 0 Å². The summed E-state index contributed by atoms with van der Waals surface area (Å²) < 4.78 is 23.8. The number of hydrogen-bond donors (Lipinski definition) is 1. The molecule has 0 aliphatic carbocycles. The second-order valence-corrected chi connectivity index (χ2v) is 7.77. The molecule has 0 atom stereocenters. The highest BCUT2D eigenvalue weighted by molar-refractivity contribution is 7.90. The van der Waals surface area contributed by atoms with Crippen molar-refractivity contribution in [2.45, 2.75) is 13.3 Å². The number of rotatable bonds is 4. The first-order valence-electron chi connectivity index (χ1n) is 6.84. The average molecular weight is 352 g/mol. The number of hydrogen-bond acceptors (Lipinski definition) is 7. The van der Waals surface area contributed by atoms with Gasteiger partial charge in [0.1, 0.15) is 16.6 Å². The van der Waals surface area contributed by atoms with E-state index in [-0.39, 0.29) is 33.8 Å². The van der Waals surface area contributed by atoms with E-state index in [0.29, 0.717) is 4.57 Å². The fourth-order valence-electron chi connectivity index (χ4n) is 2.66. The van der Waals surface area contributed by atoms with Gasteiger partial charge in [-0.15, -0.1) is 0 Å². The molecule has 0 saturated carbocycles. The maximum Gasteiger partial charge on any atom is 0.263 e. The Labute approximate surface area is 133 Å². The van der Waals surface area contributed by atoms with Gasteiger partial charge in [0.15, 0.2) is 0 Å². The van der Waals surface area contributed by atoms with Crippen LogP contribution in [0.25, 0.3) is 21.5 Å². The molecule has 10 heteroatoms. The molecule has 0 radical (unpaired) electrons. The Morgan fingerprint density at radius 3 is 1.54 bits per heavy atom. The summed E-state index contributed by atoms with van der Waals surface area (Å²) in [6.07, 6.45) is 0.987. The second kappa shape index (κ2) is 5.21. The zero-order valence-electron chi connectivity index (χ0n) is 12.5. The number of fused-ring (bicyclic) bond motifs is 2. The molecule has 24 heavy (non-hydrogen) atoms. The van der Waals surface area contributed by atoms with Crippen molar-refractivity contribution in [1.29, 1.82) is 0 Å². The topological polar surface area (TPSA) is 133 Å². The zero-order chi connectivity index (χ0) is 17.8. The van der Waals surface area contributed by atoms with Gasteiger partial charge in [-0.05, 0) is 12.1 Å². The van der Waals surface area contributed by atoms with Crippen molar-refractivity contribution in [3.8, 4) is 0 Å². The molecule has 0 amide bonds. The molecule has 9 nitrogen and oxygen atoms in total. The molecular formula is C14H12N2O7S. The number of aromatic nitrogens is 2. The van der Waals surface area contributed by atoms with Gasteiger partial charge in [-0.1, -0.05) is 0 Å². The van der Waals surface area contributed by atoms with Crippen LogP contribution in [0.2, 0.25) is 0 Å². The molecule has 0 aliphatic rings. The van der Waals surface area contributed by atoms with E-state index in [2.05, 4.69) is 0 Å². The van der Waals surface area contributed by atoms with E-state index < -0.39 is 38.8 Å². The SMILES string of the molecule is CS(=O)(=O)CCn1c(=O)c2cc3c(=O)n(CO)c(=O)c3cc2c1=O.